The average Bonchev–Trinajstić information content (AvgIpc) is 3.03. The Morgan fingerprint density at radius 3 is 2.50 bits per heavy atom. The first-order valence-corrected chi connectivity index (χ1v) is 15.7. The van der Waals surface area contributed by atoms with Gasteiger partial charge in [-0.05, 0) is 48.4 Å². The van der Waals surface area contributed by atoms with Crippen LogP contribution in [-0.4, -0.2) is 28.2 Å². The first-order valence-electron chi connectivity index (χ1n) is 14.0. The van der Waals surface area contributed by atoms with Crippen LogP contribution in [0.15, 0.2) is 131 Å². The van der Waals surface area contributed by atoms with Gasteiger partial charge < -0.3 is 10.6 Å². The molecule has 1 aliphatic carbocycles. The number of nitro benzene ring substituents is 1. The lowest BCUT2D eigenvalue weighted by Crippen LogP contribution is -2.49. The summed E-state index contributed by atoms with van der Waals surface area (Å²) in [6.45, 7) is 1.79. The maximum absolute atomic E-state index is 13.8. The number of benzene rings is 4. The molecule has 0 spiro atoms. The Bertz CT molecular complexity index is 1790. The van der Waals surface area contributed by atoms with E-state index in [1.807, 2.05) is 97.1 Å². The second-order valence-electron chi connectivity index (χ2n) is 10.3. The predicted octanol–water partition coefficient (Wildman–Crippen LogP) is 8.38. The second-order valence-corrected chi connectivity index (χ2v) is 12.7. The smallest absolute Gasteiger partial charge is 0.324 e. The van der Waals surface area contributed by atoms with E-state index in [9.17, 15) is 19.7 Å². The second kappa shape index (κ2) is 12.8. The number of fused-ring (bicyclic) bond motifs is 2. The van der Waals surface area contributed by atoms with Crippen LogP contribution in [0.5, 0.6) is 0 Å². The molecule has 0 aromatic heterocycles. The number of para-hydroxylation sites is 1. The highest BCUT2D eigenvalue weighted by molar-refractivity contribution is 8.00. The number of urea groups is 1. The van der Waals surface area contributed by atoms with Gasteiger partial charge in [-0.1, -0.05) is 78.9 Å². The summed E-state index contributed by atoms with van der Waals surface area (Å²) in [6, 6.07) is 28.7. The third kappa shape index (κ3) is 6.27. The van der Waals surface area contributed by atoms with Gasteiger partial charge in [-0.15, -0.1) is 23.5 Å². The maximum Gasteiger partial charge on any atom is 0.326 e. The quantitative estimate of drug-likeness (QED) is 0.122. The lowest BCUT2D eigenvalue weighted by atomic mass is 10.1. The van der Waals surface area contributed by atoms with Crippen molar-refractivity contribution >= 4 is 58.2 Å². The molecular formula is C34H28N4O4S2. The lowest BCUT2D eigenvalue weighted by Gasteiger charge is -2.40. The van der Waals surface area contributed by atoms with E-state index in [4.69, 9.17) is 0 Å². The minimum Gasteiger partial charge on any atom is -0.324 e. The zero-order valence-electron chi connectivity index (χ0n) is 23.6. The molecule has 1 heterocycles. The van der Waals surface area contributed by atoms with Crippen molar-refractivity contribution in [3.8, 4) is 0 Å². The van der Waals surface area contributed by atoms with Gasteiger partial charge in [0.2, 0.25) is 5.91 Å². The molecule has 8 nitrogen and oxygen atoms in total. The Balaban J connectivity index is 1.24. The number of nitro groups is 1. The Hall–Kier alpha value is -4.80. The third-order valence-corrected chi connectivity index (χ3v) is 9.89. The molecule has 220 valence electrons. The van der Waals surface area contributed by atoms with Crippen LogP contribution in [0.2, 0.25) is 0 Å². The molecule has 3 unspecified atom stereocenters. The number of hydrogen-bond donors (Lipinski definition) is 2. The van der Waals surface area contributed by atoms with Crippen LogP contribution in [0.4, 0.5) is 27.5 Å². The van der Waals surface area contributed by atoms with Crippen molar-refractivity contribution in [2.45, 2.75) is 33.3 Å². The first kappa shape index (κ1) is 29.3. The fourth-order valence-corrected chi connectivity index (χ4v) is 7.49. The van der Waals surface area contributed by atoms with Crippen molar-refractivity contribution in [1.82, 2.24) is 0 Å². The van der Waals surface area contributed by atoms with Crippen LogP contribution in [0, 0.1) is 17.0 Å². The van der Waals surface area contributed by atoms with Crippen LogP contribution >= 0.6 is 23.5 Å². The van der Waals surface area contributed by atoms with Gasteiger partial charge in [-0.2, -0.15) is 0 Å². The van der Waals surface area contributed by atoms with Crippen molar-refractivity contribution in [3.63, 3.8) is 0 Å². The van der Waals surface area contributed by atoms with Crippen LogP contribution in [0.25, 0.3) is 0 Å². The molecule has 3 amide bonds. The van der Waals surface area contributed by atoms with E-state index in [1.54, 1.807) is 29.7 Å². The Kier molecular flexibility index (Phi) is 8.53. The average molecular weight is 621 g/mol. The molecule has 4 aromatic rings. The van der Waals surface area contributed by atoms with Crippen molar-refractivity contribution in [3.05, 3.63) is 143 Å². The van der Waals surface area contributed by atoms with Gasteiger partial charge >= 0.3 is 6.03 Å². The van der Waals surface area contributed by atoms with E-state index in [-0.39, 0.29) is 28.9 Å². The maximum atomic E-state index is 13.8. The number of aryl methyl sites for hydroxylation is 1. The summed E-state index contributed by atoms with van der Waals surface area (Å²) in [5, 5.41) is 16.8. The Morgan fingerprint density at radius 2 is 1.68 bits per heavy atom. The zero-order valence-corrected chi connectivity index (χ0v) is 25.3. The number of amides is 3. The SMILES string of the molecule is Cc1ccc([N+](=O)[O-])cc1NC(=O)C(Sc1cccc(NC(=O)N2c3ccccc3SC3C=CC=CC32)c1)c1ccccc1. The molecule has 0 saturated heterocycles. The number of rotatable bonds is 7. The van der Waals surface area contributed by atoms with Crippen LogP contribution in [0.1, 0.15) is 16.4 Å². The topological polar surface area (TPSA) is 105 Å². The largest absolute Gasteiger partial charge is 0.326 e. The Labute approximate surface area is 263 Å². The summed E-state index contributed by atoms with van der Waals surface area (Å²) in [7, 11) is 0. The molecular weight excluding hydrogens is 593 g/mol. The summed E-state index contributed by atoms with van der Waals surface area (Å²) in [4.78, 5) is 41.9. The molecule has 1 aliphatic heterocycles. The summed E-state index contributed by atoms with van der Waals surface area (Å²) < 4.78 is 0. The highest BCUT2D eigenvalue weighted by atomic mass is 32.2. The number of nitrogens with one attached hydrogen (secondary N) is 2. The van der Waals surface area contributed by atoms with E-state index in [0.717, 1.165) is 21.0 Å². The first-order chi connectivity index (χ1) is 21.4. The van der Waals surface area contributed by atoms with Crippen molar-refractivity contribution in [2.75, 3.05) is 15.5 Å². The van der Waals surface area contributed by atoms with Gasteiger partial charge in [0, 0.05) is 27.6 Å². The number of anilines is 3. The molecule has 10 heteroatoms. The van der Waals surface area contributed by atoms with Gasteiger partial charge in [-0.3, -0.25) is 19.8 Å². The number of carbonyl (C=O) groups excluding carboxylic acids is 2. The van der Waals surface area contributed by atoms with Gasteiger partial charge in [0.15, 0.2) is 0 Å². The summed E-state index contributed by atoms with van der Waals surface area (Å²) >= 11 is 3.08. The number of thioether (sulfide) groups is 2. The summed E-state index contributed by atoms with van der Waals surface area (Å²) in [5.74, 6) is -0.315. The van der Waals surface area contributed by atoms with E-state index in [1.165, 1.54) is 23.9 Å². The summed E-state index contributed by atoms with van der Waals surface area (Å²) in [6.07, 6.45) is 8.15. The molecule has 0 bridgehead atoms. The van der Waals surface area contributed by atoms with E-state index in [0.29, 0.717) is 16.9 Å². The van der Waals surface area contributed by atoms with E-state index < -0.39 is 10.2 Å². The lowest BCUT2D eigenvalue weighted by molar-refractivity contribution is -0.384. The normalized spacial score (nSPS) is 17.2. The minimum atomic E-state index is -0.660. The Morgan fingerprint density at radius 1 is 0.909 bits per heavy atom. The molecule has 0 radical (unpaired) electrons. The fraction of sp³-hybridized carbons (Fsp3) is 0.118. The molecule has 4 aromatic carbocycles. The molecule has 2 N–H and O–H groups in total. The minimum absolute atomic E-state index is 0.0979. The standard InChI is InChI=1S/C34H28N4O4S2/c1-22-18-19-25(38(41)42)21-27(22)36-33(39)32(23-10-3-2-4-11-23)43-26-13-9-12-24(20-26)35-34(40)37-28-14-5-7-16-30(28)44-31-17-8-6-15-29(31)37/h2-21,28,30,32H,1H3,(H,35,40)(H,36,39). The highest BCUT2D eigenvalue weighted by Crippen LogP contribution is 2.44. The van der Waals surface area contributed by atoms with Crippen LogP contribution < -0.4 is 15.5 Å². The zero-order chi connectivity index (χ0) is 30.6. The molecule has 6 rings (SSSR count). The van der Waals surface area contributed by atoms with Gasteiger partial charge in [0.05, 0.1) is 27.6 Å². The molecule has 0 saturated carbocycles. The van der Waals surface area contributed by atoms with Crippen molar-refractivity contribution in [1.29, 1.82) is 0 Å². The third-order valence-electron chi connectivity index (χ3n) is 7.33. The predicted molar refractivity (Wildman–Crippen MR) is 178 cm³/mol. The molecule has 0 fully saturated rings. The molecule has 3 atom stereocenters. The monoisotopic (exact) mass is 620 g/mol. The number of non-ortho nitro benzene ring substituents is 1. The highest BCUT2D eigenvalue weighted by Gasteiger charge is 2.36. The number of hydrogen-bond acceptors (Lipinski definition) is 6. The van der Waals surface area contributed by atoms with Crippen LogP contribution in [0.3, 0.4) is 0 Å². The fourth-order valence-electron chi connectivity index (χ4n) is 5.15. The molecule has 2 aliphatic rings. The summed E-state index contributed by atoms with van der Waals surface area (Å²) in [5.41, 5.74) is 3.24. The van der Waals surface area contributed by atoms with Gasteiger partial charge in [0.25, 0.3) is 5.69 Å². The van der Waals surface area contributed by atoms with Crippen LogP contribution in [-0.2, 0) is 4.79 Å². The van der Waals surface area contributed by atoms with E-state index >= 15 is 0 Å². The van der Waals surface area contributed by atoms with Crippen molar-refractivity contribution in [2.24, 2.45) is 0 Å². The van der Waals surface area contributed by atoms with Gasteiger partial charge in [-0.25, -0.2) is 4.79 Å². The molecule has 44 heavy (non-hydrogen) atoms. The van der Waals surface area contributed by atoms with E-state index in [2.05, 4.69) is 16.7 Å². The number of nitrogens with zero attached hydrogens (tertiary/aromatic N) is 2. The van der Waals surface area contributed by atoms with Crippen molar-refractivity contribution < 1.29 is 14.5 Å². The van der Waals surface area contributed by atoms with Gasteiger partial charge in [0.1, 0.15) is 5.25 Å². The number of allylic oxidation sites excluding steroid dienone is 2. The number of carbonyl (C=O) groups is 2.